The average Bonchev–Trinajstić information content (AvgIpc) is 3.22. The largest absolute Gasteiger partial charge is 0.495 e. The zero-order valence-corrected chi connectivity index (χ0v) is 35.5. The van der Waals surface area contributed by atoms with Crippen molar-refractivity contribution in [2.45, 2.75) is 73.0 Å². The number of halogens is 2. The molecule has 1 amide bonds. The number of amides is 1. The van der Waals surface area contributed by atoms with Crippen LogP contribution in [0.4, 0.5) is 22.7 Å². The van der Waals surface area contributed by atoms with Crippen molar-refractivity contribution < 1.29 is 23.8 Å². The molecule has 0 fully saturated rings. The van der Waals surface area contributed by atoms with Gasteiger partial charge in [0.25, 0.3) is 11.5 Å². The molecule has 6 rings (SSSR count). The molecule has 0 aliphatic heterocycles. The third-order valence-electron chi connectivity index (χ3n) is 10.2. The van der Waals surface area contributed by atoms with E-state index in [0.29, 0.717) is 29.2 Å². The molecule has 58 heavy (non-hydrogen) atoms. The van der Waals surface area contributed by atoms with Crippen LogP contribution in [0.15, 0.2) is 70.5 Å². The lowest BCUT2D eigenvalue weighted by Gasteiger charge is -2.29. The van der Waals surface area contributed by atoms with E-state index in [0.717, 1.165) is 71.6 Å². The Bertz CT molecular complexity index is 2400. The molecule has 0 spiro atoms. The SMILES string of the molecule is CCC(OCNc1ccc(OC)c(NC(=O)/C(=N/c2ccc(N(CC)CC)c3c2CCCC3)c2nc3c(Cl)cc(Cl)cc3c(=O)n2OC)c1)Oc1cc(C)ccc1C. The van der Waals surface area contributed by atoms with Crippen molar-refractivity contribution in [3.8, 4) is 11.5 Å². The summed E-state index contributed by atoms with van der Waals surface area (Å²) in [6.07, 6.45) is 3.82. The molecular formula is C44H50Cl2N6O6. The van der Waals surface area contributed by atoms with Crippen molar-refractivity contribution in [3.05, 3.63) is 109 Å². The maximum Gasteiger partial charge on any atom is 0.294 e. The normalized spacial score (nSPS) is 13.2. The van der Waals surface area contributed by atoms with Gasteiger partial charge in [-0.2, -0.15) is 0 Å². The Kier molecular flexibility index (Phi) is 13.8. The minimum absolute atomic E-state index is 0.121. The van der Waals surface area contributed by atoms with Gasteiger partial charge in [-0.15, -0.1) is 4.73 Å². The van der Waals surface area contributed by atoms with Crippen molar-refractivity contribution >= 4 is 68.5 Å². The van der Waals surface area contributed by atoms with Gasteiger partial charge < -0.3 is 34.6 Å². The third-order valence-corrected chi connectivity index (χ3v) is 10.7. The van der Waals surface area contributed by atoms with Gasteiger partial charge in [0.2, 0.25) is 12.1 Å². The molecule has 1 unspecified atom stereocenters. The number of nitrogens with one attached hydrogen (secondary N) is 2. The molecule has 14 heteroatoms. The lowest BCUT2D eigenvalue weighted by atomic mass is 9.88. The van der Waals surface area contributed by atoms with Crippen LogP contribution in [0, 0.1) is 13.8 Å². The lowest BCUT2D eigenvalue weighted by Crippen LogP contribution is -2.36. The van der Waals surface area contributed by atoms with E-state index in [9.17, 15) is 9.59 Å². The first-order chi connectivity index (χ1) is 28.0. The number of carbonyl (C=O) groups excluding carboxylic acids is 1. The molecule has 12 nitrogen and oxygen atoms in total. The number of carbonyl (C=O) groups is 1. The molecule has 1 aliphatic rings. The predicted octanol–water partition coefficient (Wildman–Crippen LogP) is 9.07. The van der Waals surface area contributed by atoms with Gasteiger partial charge in [-0.05, 0) is 124 Å². The molecule has 1 heterocycles. The van der Waals surface area contributed by atoms with Crippen LogP contribution in [-0.4, -0.2) is 61.7 Å². The van der Waals surface area contributed by atoms with Gasteiger partial charge in [-0.3, -0.25) is 9.59 Å². The van der Waals surface area contributed by atoms with Gasteiger partial charge in [-0.25, -0.2) is 9.98 Å². The number of aliphatic imine (C=N–C) groups is 1. The fourth-order valence-corrected chi connectivity index (χ4v) is 7.70. The van der Waals surface area contributed by atoms with E-state index < -0.39 is 17.8 Å². The standard InChI is InChI=1S/C44H50Cl2N6O6/c1-8-39(58-38-21-26(4)15-16-27(38)5)57-25-47-29-17-20-37(55-6)35(24-29)49-43(53)41(42-50-40-32(44(54)52(42)56-7)22-28(45)23-33(40)46)48-34-18-19-36(51(9-2)10-3)31-14-12-11-13-30(31)34/h15-24,39,47H,8-14,25H2,1-7H3,(H,49,53)/b48-41+. The zero-order valence-electron chi connectivity index (χ0n) is 34.0. The molecule has 306 valence electrons. The van der Waals surface area contributed by atoms with Crippen LogP contribution in [0.3, 0.4) is 0 Å². The van der Waals surface area contributed by atoms with Crippen LogP contribution in [0.5, 0.6) is 11.5 Å². The van der Waals surface area contributed by atoms with E-state index in [-0.39, 0.29) is 39.2 Å². The fraction of sp³-hybridized carbons (Fsp3) is 0.364. The first-order valence-electron chi connectivity index (χ1n) is 19.5. The number of anilines is 3. The van der Waals surface area contributed by atoms with Crippen LogP contribution < -0.4 is 35.4 Å². The van der Waals surface area contributed by atoms with Crippen LogP contribution in [0.2, 0.25) is 10.0 Å². The van der Waals surface area contributed by atoms with E-state index in [2.05, 4.69) is 35.4 Å². The number of hydrogen-bond donors (Lipinski definition) is 2. The van der Waals surface area contributed by atoms with E-state index in [1.807, 2.05) is 51.1 Å². The van der Waals surface area contributed by atoms with E-state index >= 15 is 0 Å². The van der Waals surface area contributed by atoms with Crippen LogP contribution in [-0.2, 0) is 22.4 Å². The second-order valence-corrected chi connectivity index (χ2v) is 14.8. The molecule has 1 aliphatic carbocycles. The Morgan fingerprint density at radius 1 is 0.948 bits per heavy atom. The highest BCUT2D eigenvalue weighted by Crippen LogP contribution is 2.38. The molecule has 5 aromatic rings. The van der Waals surface area contributed by atoms with Crippen molar-refractivity contribution in [1.29, 1.82) is 0 Å². The second-order valence-electron chi connectivity index (χ2n) is 14.0. The molecular weight excluding hydrogens is 779 g/mol. The minimum atomic E-state index is -0.667. The van der Waals surface area contributed by atoms with E-state index in [1.165, 1.54) is 31.9 Å². The maximum absolute atomic E-state index is 14.7. The summed E-state index contributed by atoms with van der Waals surface area (Å²) >= 11 is 12.9. The molecule has 1 atom stereocenters. The van der Waals surface area contributed by atoms with Gasteiger partial charge in [0.15, 0.2) is 5.71 Å². The summed E-state index contributed by atoms with van der Waals surface area (Å²) in [5, 5.41) is 6.74. The molecule has 4 aromatic carbocycles. The number of fused-ring (bicyclic) bond motifs is 2. The lowest BCUT2D eigenvalue weighted by molar-refractivity contribution is -0.110. The highest BCUT2D eigenvalue weighted by atomic mass is 35.5. The Morgan fingerprint density at radius 3 is 2.41 bits per heavy atom. The number of hydrogen-bond acceptors (Lipinski definition) is 10. The smallest absolute Gasteiger partial charge is 0.294 e. The summed E-state index contributed by atoms with van der Waals surface area (Å²) in [4.78, 5) is 46.3. The van der Waals surface area contributed by atoms with Gasteiger partial charge in [-0.1, -0.05) is 42.3 Å². The van der Waals surface area contributed by atoms with Gasteiger partial charge in [0.05, 0.1) is 34.4 Å². The number of methoxy groups -OCH3 is 1. The highest BCUT2D eigenvalue weighted by molar-refractivity contribution is 6.49. The molecule has 0 bridgehead atoms. The number of rotatable bonds is 16. The Hall–Kier alpha value is -5.30. The molecule has 2 N–H and O–H groups in total. The van der Waals surface area contributed by atoms with Crippen LogP contribution >= 0.6 is 23.2 Å². The highest BCUT2D eigenvalue weighted by Gasteiger charge is 2.27. The van der Waals surface area contributed by atoms with Crippen LogP contribution in [0.1, 0.15) is 68.1 Å². The van der Waals surface area contributed by atoms with E-state index in [1.54, 1.807) is 12.1 Å². The topological polar surface area (TPSA) is 129 Å². The maximum atomic E-state index is 14.7. The molecule has 1 aromatic heterocycles. The Morgan fingerprint density at radius 2 is 1.71 bits per heavy atom. The average molecular weight is 830 g/mol. The predicted molar refractivity (Wildman–Crippen MR) is 233 cm³/mol. The van der Waals surface area contributed by atoms with Crippen molar-refractivity contribution in [3.63, 3.8) is 0 Å². The van der Waals surface area contributed by atoms with Crippen molar-refractivity contribution in [2.75, 3.05) is 49.6 Å². The zero-order chi connectivity index (χ0) is 41.5. The minimum Gasteiger partial charge on any atom is -0.495 e. The van der Waals surface area contributed by atoms with Crippen molar-refractivity contribution in [1.82, 2.24) is 9.71 Å². The number of aryl methyl sites for hydroxylation is 2. The number of benzene rings is 4. The quantitative estimate of drug-likeness (QED) is 0.0740. The van der Waals surface area contributed by atoms with Crippen molar-refractivity contribution in [2.24, 2.45) is 4.99 Å². The van der Waals surface area contributed by atoms with Crippen LogP contribution in [0.25, 0.3) is 10.9 Å². The number of nitrogens with zero attached hydrogens (tertiary/aromatic N) is 4. The molecule has 0 saturated heterocycles. The van der Waals surface area contributed by atoms with Gasteiger partial charge in [0, 0.05) is 35.9 Å². The van der Waals surface area contributed by atoms with E-state index in [4.69, 9.17) is 52.2 Å². The Balaban J connectivity index is 1.38. The molecule has 0 radical (unpaired) electrons. The molecule has 0 saturated carbocycles. The summed E-state index contributed by atoms with van der Waals surface area (Å²) in [6, 6.07) is 18.2. The summed E-state index contributed by atoms with van der Waals surface area (Å²) in [6.45, 7) is 12.1. The summed E-state index contributed by atoms with van der Waals surface area (Å²) < 4.78 is 18.8. The number of ether oxygens (including phenoxy) is 3. The summed E-state index contributed by atoms with van der Waals surface area (Å²) in [5.74, 6) is 0.345. The monoisotopic (exact) mass is 828 g/mol. The van der Waals surface area contributed by atoms with Gasteiger partial charge in [0.1, 0.15) is 25.3 Å². The van der Waals surface area contributed by atoms with Gasteiger partial charge >= 0.3 is 0 Å². The first-order valence-corrected chi connectivity index (χ1v) is 20.3. The summed E-state index contributed by atoms with van der Waals surface area (Å²) in [5.41, 5.74) is 6.46. The third kappa shape index (κ3) is 9.20. The first kappa shape index (κ1) is 42.3. The second kappa shape index (κ2) is 19.0. The summed E-state index contributed by atoms with van der Waals surface area (Å²) in [7, 11) is 2.83. The number of aromatic nitrogens is 2. The fourth-order valence-electron chi connectivity index (χ4n) is 7.16. The Labute approximate surface area is 349 Å².